The monoisotopic (exact) mass is 972 g/mol. The van der Waals surface area contributed by atoms with E-state index in [1.54, 1.807) is 26.3 Å². The van der Waals surface area contributed by atoms with Crippen LogP contribution in [0.2, 0.25) is 5.02 Å². The maximum Gasteiger partial charge on any atom is 0.420 e. The predicted octanol–water partition coefficient (Wildman–Crippen LogP) is 6.32. The summed E-state index contributed by atoms with van der Waals surface area (Å²) in [6, 6.07) is 9.84. The van der Waals surface area contributed by atoms with Gasteiger partial charge in [0.15, 0.2) is 10.9 Å². The molecule has 2 aliphatic rings. The van der Waals surface area contributed by atoms with Crippen LogP contribution >= 0.6 is 35.2 Å². The van der Waals surface area contributed by atoms with Crippen LogP contribution in [0, 0.1) is 29.5 Å². The summed E-state index contributed by atoms with van der Waals surface area (Å²) in [5, 5.41) is 24.9. The van der Waals surface area contributed by atoms with Gasteiger partial charge in [0.25, 0.3) is 5.91 Å². The lowest BCUT2D eigenvalue weighted by atomic mass is 9.85. The van der Waals surface area contributed by atoms with Gasteiger partial charge in [-0.1, -0.05) is 56.6 Å². The molecule has 350 valence electrons. The Balaban J connectivity index is 1.02. The van der Waals surface area contributed by atoms with Gasteiger partial charge in [-0.2, -0.15) is 18.4 Å². The number of nitriles is 1. The van der Waals surface area contributed by atoms with Gasteiger partial charge in [-0.3, -0.25) is 24.1 Å². The second kappa shape index (κ2) is 19.6. The zero-order valence-electron chi connectivity index (χ0n) is 36.5. The van der Waals surface area contributed by atoms with Gasteiger partial charge in [0.1, 0.15) is 36.4 Å². The number of pyridine rings is 1. The van der Waals surface area contributed by atoms with E-state index >= 15 is 4.39 Å². The number of ether oxygens (including phenoxy) is 2. The van der Waals surface area contributed by atoms with Crippen LogP contribution in [0.3, 0.4) is 0 Å². The van der Waals surface area contributed by atoms with E-state index in [2.05, 4.69) is 20.6 Å². The molecule has 0 spiro atoms. The van der Waals surface area contributed by atoms with Gasteiger partial charge in [-0.25, -0.2) is 14.4 Å². The summed E-state index contributed by atoms with van der Waals surface area (Å²) in [6.45, 7) is 9.37. The molecule has 0 saturated carbocycles. The van der Waals surface area contributed by atoms with Crippen LogP contribution in [0.15, 0.2) is 54.2 Å². The van der Waals surface area contributed by atoms with Crippen molar-refractivity contribution in [3.05, 3.63) is 87.4 Å². The van der Waals surface area contributed by atoms with Crippen LogP contribution in [0.5, 0.6) is 5.88 Å². The summed E-state index contributed by atoms with van der Waals surface area (Å²) in [6.07, 6.45) is -4.97. The zero-order chi connectivity index (χ0) is 48.5. The third-order valence-corrected chi connectivity index (χ3v) is 12.6. The van der Waals surface area contributed by atoms with E-state index in [-0.39, 0.29) is 49.3 Å². The fourth-order valence-electron chi connectivity index (χ4n) is 7.52. The number of β-amino-alcohol motifs (C(OH)–C–C–N with tert-alkyl or cyclic N) is 1. The molecular formula is C44H45ClF4N8O7S2. The second-order valence-electron chi connectivity index (χ2n) is 17.1. The summed E-state index contributed by atoms with van der Waals surface area (Å²) in [5.74, 6) is -4.35. The lowest BCUT2D eigenvalue weighted by molar-refractivity contribution is -0.144. The molecule has 66 heavy (non-hydrogen) atoms. The number of aromatic nitrogens is 2. The number of rotatable bonds is 14. The third-order valence-electron chi connectivity index (χ3n) is 10.9. The molecule has 2 saturated heterocycles. The van der Waals surface area contributed by atoms with E-state index in [1.165, 1.54) is 53.3 Å². The Morgan fingerprint density at radius 3 is 2.41 bits per heavy atom. The number of thiocarbonyl (C=S) groups is 1. The van der Waals surface area contributed by atoms with Crippen LogP contribution in [-0.2, 0) is 36.6 Å². The Bertz CT molecular complexity index is 2580. The number of anilines is 2. The summed E-state index contributed by atoms with van der Waals surface area (Å²) in [7, 11) is 0. The molecule has 3 atom stereocenters. The largest absolute Gasteiger partial charge is 0.475 e. The van der Waals surface area contributed by atoms with Crippen LogP contribution in [-0.4, -0.2) is 98.8 Å². The molecule has 2 aromatic heterocycles. The molecule has 4 amide bonds. The molecule has 2 aliphatic heterocycles. The number of nitrogens with zero attached hydrogens (tertiary/aromatic N) is 6. The first-order valence-corrected chi connectivity index (χ1v) is 22.0. The number of nitrogens with one attached hydrogen (secondary N) is 2. The molecule has 2 fully saturated rings. The number of thiazole rings is 1. The van der Waals surface area contributed by atoms with Gasteiger partial charge in [0.2, 0.25) is 23.6 Å². The average Bonchev–Trinajstić information content (AvgIpc) is 3.91. The Hall–Kier alpha value is -5.79. The number of carbonyl (C=O) groups is 4. The Morgan fingerprint density at radius 1 is 1.11 bits per heavy atom. The van der Waals surface area contributed by atoms with Crippen LogP contribution in [0.25, 0.3) is 10.4 Å². The SMILES string of the molecule is Cc1ncsc1-c1ccc(CNC(=O)[C@@H]2CC(O)CN2C(=O)[C@@H](NC(=O)COCCOc2cc(Cl)c(N3C(=S)N(c4ccc(C#N)c(C(F)(F)F)c4F)C(=O)C3(C)C)cn2)C(C)(C)C)cc1. The molecule has 0 radical (unpaired) electrons. The van der Waals surface area contributed by atoms with E-state index in [1.807, 2.05) is 31.2 Å². The minimum atomic E-state index is -5.24. The molecule has 6 rings (SSSR count). The quantitative estimate of drug-likeness (QED) is 0.0726. The van der Waals surface area contributed by atoms with Crippen LogP contribution < -0.4 is 25.2 Å². The highest BCUT2D eigenvalue weighted by Gasteiger charge is 2.53. The fraction of sp³-hybridized carbons (Fsp3) is 0.409. The van der Waals surface area contributed by atoms with Crippen molar-refractivity contribution in [2.24, 2.45) is 5.41 Å². The smallest absolute Gasteiger partial charge is 0.420 e. The lowest BCUT2D eigenvalue weighted by Gasteiger charge is -2.35. The zero-order valence-corrected chi connectivity index (χ0v) is 38.8. The van der Waals surface area contributed by atoms with E-state index in [0.29, 0.717) is 4.90 Å². The van der Waals surface area contributed by atoms with Gasteiger partial charge in [0.05, 0.1) is 63.0 Å². The number of halogens is 5. The Morgan fingerprint density at radius 2 is 1.80 bits per heavy atom. The third kappa shape index (κ3) is 10.4. The van der Waals surface area contributed by atoms with E-state index in [0.717, 1.165) is 33.8 Å². The van der Waals surface area contributed by atoms with E-state index in [4.69, 9.17) is 38.6 Å². The molecular weight excluding hydrogens is 928 g/mol. The standard InChI is InChI=1S/C44H45ClF4N8O7S2/c1-23-36(66-22-53-23)25-9-7-24(8-10-25)18-52-38(60)30-15-27(58)20-55(30)39(61)37(42(2,3)4)54-32(59)21-63-13-14-64-33-16-28(45)31(19-51-33)57-41(65)56(40(62)43(57,5)6)29-12-11-26(17-50)34(35(29)46)44(47,48)49/h7-12,16,19,22,27,30,37,58H,13-15,18,20-21H2,1-6H3,(H,52,60)(H,54,59)/t27?,30-,37+/m0/s1. The first kappa shape index (κ1) is 49.6. The highest BCUT2D eigenvalue weighted by molar-refractivity contribution is 7.81. The van der Waals surface area contributed by atoms with Crippen molar-refractivity contribution in [2.75, 3.05) is 36.2 Å². The number of aliphatic hydroxyl groups excluding tert-OH is 1. The summed E-state index contributed by atoms with van der Waals surface area (Å²) < 4.78 is 67.9. The molecule has 15 nitrogen and oxygen atoms in total. The number of aliphatic hydroxyl groups is 1. The molecule has 2 aromatic carbocycles. The van der Waals surface area contributed by atoms with Crippen molar-refractivity contribution in [1.82, 2.24) is 25.5 Å². The molecule has 3 N–H and O–H groups in total. The van der Waals surface area contributed by atoms with E-state index < -0.39 is 93.3 Å². The highest BCUT2D eigenvalue weighted by atomic mass is 35.5. The van der Waals surface area contributed by atoms with Crippen molar-refractivity contribution in [1.29, 1.82) is 5.26 Å². The van der Waals surface area contributed by atoms with Crippen LogP contribution in [0.1, 0.15) is 63.4 Å². The van der Waals surface area contributed by atoms with Crippen LogP contribution in [0.4, 0.5) is 28.9 Å². The minimum Gasteiger partial charge on any atom is -0.475 e. The van der Waals surface area contributed by atoms with E-state index in [9.17, 15) is 37.5 Å². The number of hydrogen-bond acceptors (Lipinski definition) is 12. The van der Waals surface area contributed by atoms with Gasteiger partial charge in [-0.15, -0.1) is 11.3 Å². The molecule has 22 heteroatoms. The number of hydrogen-bond donors (Lipinski definition) is 3. The lowest BCUT2D eigenvalue weighted by Crippen LogP contribution is -2.58. The summed E-state index contributed by atoms with van der Waals surface area (Å²) in [4.78, 5) is 66.7. The number of carbonyl (C=O) groups excluding carboxylic acids is 4. The fourth-order valence-corrected chi connectivity index (χ4v) is 9.07. The Labute approximate surface area is 391 Å². The number of likely N-dealkylation sites (tertiary alicyclic amines) is 1. The molecule has 0 aliphatic carbocycles. The molecule has 1 unspecified atom stereocenters. The maximum absolute atomic E-state index is 15.4. The first-order valence-electron chi connectivity index (χ1n) is 20.3. The van der Waals surface area contributed by atoms with Crippen molar-refractivity contribution < 1.29 is 51.3 Å². The van der Waals surface area contributed by atoms with Gasteiger partial charge >= 0.3 is 6.18 Å². The molecule has 4 aromatic rings. The number of alkyl halides is 3. The highest BCUT2D eigenvalue weighted by Crippen LogP contribution is 2.43. The van der Waals surface area contributed by atoms with Crippen molar-refractivity contribution in [3.63, 3.8) is 0 Å². The maximum atomic E-state index is 15.4. The Kier molecular flexibility index (Phi) is 14.7. The van der Waals surface area contributed by atoms with Gasteiger partial charge in [-0.05, 0) is 61.7 Å². The number of amides is 4. The van der Waals surface area contributed by atoms with Crippen molar-refractivity contribution in [2.45, 2.75) is 84.4 Å². The predicted molar refractivity (Wildman–Crippen MR) is 240 cm³/mol. The number of aryl methyl sites for hydroxylation is 1. The first-order chi connectivity index (χ1) is 30.9. The summed E-state index contributed by atoms with van der Waals surface area (Å²) >= 11 is 13.6. The van der Waals surface area contributed by atoms with Gasteiger partial charge in [0, 0.05) is 25.6 Å². The topological polar surface area (TPSA) is 190 Å². The summed E-state index contributed by atoms with van der Waals surface area (Å²) in [5.41, 5.74) is -1.40. The molecule has 0 bridgehead atoms. The molecule has 4 heterocycles. The minimum absolute atomic E-state index is 0.0134. The van der Waals surface area contributed by atoms with Crippen molar-refractivity contribution >= 4 is 75.3 Å². The number of benzene rings is 2. The van der Waals surface area contributed by atoms with Gasteiger partial charge < -0.3 is 35.0 Å². The average molecular weight is 973 g/mol. The normalized spacial score (nSPS) is 17.8. The second-order valence-corrected chi connectivity index (χ2v) is 18.7. The van der Waals surface area contributed by atoms with Crippen molar-refractivity contribution in [3.8, 4) is 22.4 Å².